The molecule has 0 aromatic heterocycles. The maximum absolute atomic E-state index is 13.0. The van der Waals surface area contributed by atoms with Gasteiger partial charge in [0.2, 0.25) is 0 Å². The fourth-order valence-electron chi connectivity index (χ4n) is 5.33. The second kappa shape index (κ2) is 13.5. The second-order valence-corrected chi connectivity index (χ2v) is 11.1. The lowest BCUT2D eigenvalue weighted by Gasteiger charge is -2.48. The van der Waals surface area contributed by atoms with E-state index in [2.05, 4.69) is 24.3 Å². The first-order valence-electron chi connectivity index (χ1n) is 13.4. The Hall–Kier alpha value is -2.55. The maximum atomic E-state index is 13.0. The number of benzene rings is 1. The quantitative estimate of drug-likeness (QED) is 0.412. The molecule has 2 fully saturated rings. The SMILES string of the molecule is COc1ccc(CN2C(=O)SC[C@H]2[C@@]2(OC)C[C@H]3C[C@@H](CCC/C=C\C=C\CC/C(C)=C\C(=O)O3)O2)cc1. The van der Waals surface area contributed by atoms with E-state index >= 15 is 0 Å². The highest BCUT2D eigenvalue weighted by molar-refractivity contribution is 8.13. The number of rotatable bonds is 5. The van der Waals surface area contributed by atoms with Crippen molar-refractivity contribution in [1.29, 1.82) is 0 Å². The van der Waals surface area contributed by atoms with Crippen LogP contribution in [-0.4, -0.2) is 60.1 Å². The summed E-state index contributed by atoms with van der Waals surface area (Å²) in [6.45, 7) is 2.39. The maximum Gasteiger partial charge on any atom is 0.330 e. The fourth-order valence-corrected chi connectivity index (χ4v) is 6.43. The van der Waals surface area contributed by atoms with Gasteiger partial charge >= 0.3 is 5.97 Å². The van der Waals surface area contributed by atoms with Crippen molar-refractivity contribution in [2.24, 2.45) is 0 Å². The van der Waals surface area contributed by atoms with Gasteiger partial charge in [0.1, 0.15) is 11.9 Å². The zero-order valence-corrected chi connectivity index (χ0v) is 23.4. The molecular weight excluding hydrogens is 502 g/mol. The summed E-state index contributed by atoms with van der Waals surface area (Å²) >= 11 is 1.28. The van der Waals surface area contributed by atoms with E-state index < -0.39 is 5.79 Å². The number of thioether (sulfide) groups is 1. The van der Waals surface area contributed by atoms with Crippen LogP contribution in [0.2, 0.25) is 0 Å². The molecule has 8 heteroatoms. The number of fused-ring (bicyclic) bond motifs is 2. The van der Waals surface area contributed by atoms with Crippen LogP contribution < -0.4 is 4.74 Å². The molecule has 0 saturated carbocycles. The molecule has 2 bridgehead atoms. The molecule has 0 N–H and O–H groups in total. The highest BCUT2D eigenvalue weighted by Crippen LogP contribution is 2.43. The van der Waals surface area contributed by atoms with Gasteiger partial charge in [-0.3, -0.25) is 4.79 Å². The lowest BCUT2D eigenvalue weighted by molar-refractivity contribution is -0.305. The van der Waals surface area contributed by atoms with Crippen molar-refractivity contribution < 1.29 is 28.5 Å². The number of hydrogen-bond acceptors (Lipinski definition) is 7. The lowest BCUT2D eigenvalue weighted by Crippen LogP contribution is -2.60. The van der Waals surface area contributed by atoms with Crippen molar-refractivity contribution in [3.8, 4) is 5.75 Å². The van der Waals surface area contributed by atoms with Gasteiger partial charge in [0.05, 0.1) is 19.3 Å². The summed E-state index contributed by atoms with van der Waals surface area (Å²) in [5, 5.41) is -0.00674. The number of methoxy groups -OCH3 is 2. The van der Waals surface area contributed by atoms with Crippen LogP contribution in [0.15, 0.2) is 60.2 Å². The fraction of sp³-hybridized carbons (Fsp3) is 0.533. The Morgan fingerprint density at radius 2 is 1.84 bits per heavy atom. The van der Waals surface area contributed by atoms with Gasteiger partial charge in [0.25, 0.3) is 5.24 Å². The molecule has 3 heterocycles. The molecule has 2 saturated heterocycles. The molecule has 4 atom stereocenters. The summed E-state index contributed by atoms with van der Waals surface area (Å²) in [5.41, 5.74) is 1.98. The van der Waals surface area contributed by atoms with Crippen molar-refractivity contribution in [1.82, 2.24) is 4.90 Å². The van der Waals surface area contributed by atoms with E-state index in [9.17, 15) is 9.59 Å². The van der Waals surface area contributed by atoms with Gasteiger partial charge < -0.3 is 23.8 Å². The highest BCUT2D eigenvalue weighted by atomic mass is 32.2. The van der Waals surface area contributed by atoms with Crippen LogP contribution in [0.5, 0.6) is 5.75 Å². The van der Waals surface area contributed by atoms with Crippen molar-refractivity contribution in [2.45, 2.75) is 82.5 Å². The standard InChI is InChI=1S/C30H39NO6S/c1-22-11-9-7-5-4-6-8-10-12-25-18-26(36-28(32)17-22)19-30(35-3,37-25)27-21-38-29(33)31(27)20-23-13-15-24(34-2)16-14-23/h4-7,13-17,25-27H,8-12,18-21H2,1-3H3/b6-4-,7-5+,22-17-/t25-,26-,27+,30-/m1/s1. The molecule has 1 aromatic carbocycles. The van der Waals surface area contributed by atoms with Gasteiger partial charge in [-0.15, -0.1) is 0 Å². The van der Waals surface area contributed by atoms with Crippen LogP contribution in [0.4, 0.5) is 4.79 Å². The first-order chi connectivity index (χ1) is 18.4. The minimum atomic E-state index is -1.07. The van der Waals surface area contributed by atoms with Crippen molar-refractivity contribution in [2.75, 3.05) is 20.0 Å². The number of amides is 1. The number of carbonyl (C=O) groups excluding carboxylic acids is 2. The van der Waals surface area contributed by atoms with Crippen molar-refractivity contribution in [3.05, 3.63) is 65.8 Å². The number of esters is 1. The third-order valence-corrected chi connectivity index (χ3v) is 8.34. The van der Waals surface area contributed by atoms with Crippen LogP contribution in [0.3, 0.4) is 0 Å². The van der Waals surface area contributed by atoms with Gasteiger partial charge in [0.15, 0.2) is 5.79 Å². The Morgan fingerprint density at radius 1 is 1.08 bits per heavy atom. The molecular formula is C30H39NO6S. The van der Waals surface area contributed by atoms with Crippen LogP contribution in [0.1, 0.15) is 57.4 Å². The second-order valence-electron chi connectivity index (χ2n) is 10.1. The van der Waals surface area contributed by atoms with E-state index in [-0.39, 0.29) is 29.5 Å². The van der Waals surface area contributed by atoms with E-state index in [0.717, 1.165) is 49.0 Å². The molecule has 4 rings (SSSR count). The Labute approximate surface area is 230 Å². The van der Waals surface area contributed by atoms with E-state index in [1.165, 1.54) is 11.8 Å². The molecule has 3 aliphatic heterocycles. The van der Waals surface area contributed by atoms with Gasteiger partial charge in [0, 0.05) is 38.3 Å². The van der Waals surface area contributed by atoms with Crippen molar-refractivity contribution >= 4 is 23.0 Å². The summed E-state index contributed by atoms with van der Waals surface area (Å²) in [6.07, 6.45) is 14.9. The largest absolute Gasteiger partial charge is 0.497 e. The minimum Gasteiger partial charge on any atom is -0.497 e. The number of hydrogen-bond donors (Lipinski definition) is 0. The van der Waals surface area contributed by atoms with E-state index in [1.54, 1.807) is 20.3 Å². The Kier molecular flexibility index (Phi) is 10.1. The number of carbonyl (C=O) groups is 2. The van der Waals surface area contributed by atoms with Gasteiger partial charge in [-0.1, -0.05) is 53.8 Å². The van der Waals surface area contributed by atoms with E-state index in [0.29, 0.717) is 25.1 Å². The van der Waals surface area contributed by atoms with Gasteiger partial charge in [-0.2, -0.15) is 0 Å². The van der Waals surface area contributed by atoms with Crippen molar-refractivity contribution in [3.63, 3.8) is 0 Å². The number of allylic oxidation sites excluding steroid dienone is 5. The lowest BCUT2D eigenvalue weighted by atomic mass is 9.90. The zero-order valence-electron chi connectivity index (χ0n) is 22.6. The first kappa shape index (κ1) is 28.5. The molecule has 0 radical (unpaired) electrons. The summed E-state index contributed by atoms with van der Waals surface area (Å²) in [7, 11) is 3.26. The summed E-state index contributed by atoms with van der Waals surface area (Å²) in [5.74, 6) is -0.0850. The molecule has 0 unspecified atom stereocenters. The minimum absolute atomic E-state index is 0.00674. The Morgan fingerprint density at radius 3 is 2.58 bits per heavy atom. The molecule has 38 heavy (non-hydrogen) atoms. The first-order valence-corrected chi connectivity index (χ1v) is 14.4. The summed E-state index contributed by atoms with van der Waals surface area (Å²) < 4.78 is 24.1. The topological polar surface area (TPSA) is 74.3 Å². The number of ether oxygens (including phenoxy) is 4. The third-order valence-electron chi connectivity index (χ3n) is 7.38. The zero-order chi connectivity index (χ0) is 27.0. The highest BCUT2D eigenvalue weighted by Gasteiger charge is 2.54. The Balaban J connectivity index is 1.57. The van der Waals surface area contributed by atoms with E-state index in [4.69, 9.17) is 18.9 Å². The molecule has 1 aromatic rings. The average molecular weight is 542 g/mol. The van der Waals surface area contributed by atoms with E-state index in [1.807, 2.05) is 36.1 Å². The van der Waals surface area contributed by atoms with Crippen LogP contribution in [0, 0.1) is 0 Å². The monoisotopic (exact) mass is 541 g/mol. The molecule has 0 spiro atoms. The van der Waals surface area contributed by atoms with Gasteiger partial charge in [-0.25, -0.2) is 4.79 Å². The molecule has 7 nitrogen and oxygen atoms in total. The van der Waals surface area contributed by atoms with Crippen LogP contribution >= 0.6 is 11.8 Å². The molecule has 0 aliphatic carbocycles. The summed E-state index contributed by atoms with van der Waals surface area (Å²) in [4.78, 5) is 27.7. The normalized spacial score (nSPS) is 32.2. The Bertz CT molecular complexity index is 1050. The smallest absolute Gasteiger partial charge is 0.330 e. The molecule has 1 amide bonds. The average Bonchev–Trinajstić information content (AvgIpc) is 3.27. The van der Waals surface area contributed by atoms with Crippen LogP contribution in [0.25, 0.3) is 0 Å². The number of nitrogens with zero attached hydrogens (tertiary/aromatic N) is 1. The van der Waals surface area contributed by atoms with Gasteiger partial charge in [-0.05, 0) is 56.7 Å². The predicted molar refractivity (Wildman–Crippen MR) is 149 cm³/mol. The molecule has 3 aliphatic rings. The summed E-state index contributed by atoms with van der Waals surface area (Å²) in [6, 6.07) is 7.40. The predicted octanol–water partition coefficient (Wildman–Crippen LogP) is 6.19. The third kappa shape index (κ3) is 7.30. The molecule has 206 valence electrons. The van der Waals surface area contributed by atoms with Crippen LogP contribution in [-0.2, 0) is 25.5 Å².